The molecule has 0 bridgehead atoms. The predicted molar refractivity (Wildman–Crippen MR) is 126 cm³/mol. The zero-order valence-corrected chi connectivity index (χ0v) is 18.2. The maximum Gasteiger partial charge on any atom is 0.243 e. The normalized spacial score (nSPS) is 23.3. The zero-order chi connectivity index (χ0) is 22.1. The third-order valence-corrected chi connectivity index (χ3v) is 5.97. The van der Waals surface area contributed by atoms with Crippen LogP contribution in [-0.4, -0.2) is 29.1 Å². The summed E-state index contributed by atoms with van der Waals surface area (Å²) in [4.78, 5) is 12.3. The first-order valence-corrected chi connectivity index (χ1v) is 10.9. The van der Waals surface area contributed by atoms with Crippen LogP contribution in [0.25, 0.3) is 16.8 Å². The van der Waals surface area contributed by atoms with Crippen LogP contribution in [0.2, 0.25) is 0 Å². The molecule has 0 aromatic heterocycles. The standard InChI is InChI=1S/C26H26N4O2/c1-17(15-19-9-4-3-5-10-19)26-30(18(2)31)29-25(32-26)24-16-23(27-28-24)22-14-8-12-20-11-6-7-13-21(20)22/h3-15,23-24,26-28H,16H2,1-2H3/b17-15+. The number of hydrogen-bond donors (Lipinski definition) is 2. The Kier molecular flexibility index (Phi) is 5.47. The van der Waals surface area contributed by atoms with Gasteiger partial charge in [0, 0.05) is 13.0 Å². The molecule has 2 aliphatic heterocycles. The molecule has 162 valence electrons. The Morgan fingerprint density at radius 3 is 2.50 bits per heavy atom. The fourth-order valence-corrected chi connectivity index (χ4v) is 4.38. The molecule has 6 nitrogen and oxygen atoms in total. The van der Waals surface area contributed by atoms with Crippen molar-refractivity contribution in [3.8, 4) is 0 Å². The molecule has 6 heteroatoms. The molecule has 1 fully saturated rings. The van der Waals surface area contributed by atoms with Crippen LogP contribution >= 0.6 is 0 Å². The summed E-state index contributed by atoms with van der Waals surface area (Å²) in [6.07, 6.45) is 2.26. The second kappa shape index (κ2) is 8.57. The number of hydrazone groups is 1. The number of carbonyl (C=O) groups is 1. The van der Waals surface area contributed by atoms with Gasteiger partial charge in [-0.2, -0.15) is 5.01 Å². The highest BCUT2D eigenvalue weighted by molar-refractivity contribution is 5.88. The van der Waals surface area contributed by atoms with Crippen LogP contribution in [-0.2, 0) is 9.53 Å². The second-order valence-electron chi connectivity index (χ2n) is 8.27. The summed E-state index contributed by atoms with van der Waals surface area (Å²) in [6, 6.07) is 24.7. The van der Waals surface area contributed by atoms with Gasteiger partial charge in [-0.3, -0.25) is 4.79 Å². The lowest BCUT2D eigenvalue weighted by Gasteiger charge is -2.20. The number of nitrogens with one attached hydrogen (secondary N) is 2. The number of rotatable bonds is 4. The quantitative estimate of drug-likeness (QED) is 0.650. The van der Waals surface area contributed by atoms with Gasteiger partial charge in [0.1, 0.15) is 6.04 Å². The number of nitrogens with zero attached hydrogens (tertiary/aromatic N) is 2. The number of benzene rings is 3. The first-order chi connectivity index (χ1) is 15.6. The molecular formula is C26H26N4O2. The molecule has 0 saturated carbocycles. The SMILES string of the molecule is CC(=O)N1N=C(C2CC(c3cccc4ccccc34)NN2)OC1/C(C)=C/c1ccccc1. The minimum Gasteiger partial charge on any atom is -0.448 e. The number of fused-ring (bicyclic) bond motifs is 1. The van der Waals surface area contributed by atoms with Crippen molar-refractivity contribution in [1.29, 1.82) is 0 Å². The van der Waals surface area contributed by atoms with E-state index in [1.165, 1.54) is 28.3 Å². The summed E-state index contributed by atoms with van der Waals surface area (Å²) in [6.45, 7) is 3.48. The Morgan fingerprint density at radius 1 is 0.969 bits per heavy atom. The second-order valence-corrected chi connectivity index (χ2v) is 8.27. The summed E-state index contributed by atoms with van der Waals surface area (Å²) in [5.74, 6) is 0.378. The van der Waals surface area contributed by atoms with E-state index in [0.29, 0.717) is 5.90 Å². The van der Waals surface area contributed by atoms with Crippen molar-refractivity contribution < 1.29 is 9.53 Å². The summed E-state index contributed by atoms with van der Waals surface area (Å²) in [7, 11) is 0. The molecule has 1 amide bonds. The lowest BCUT2D eigenvalue weighted by Crippen LogP contribution is -2.37. The van der Waals surface area contributed by atoms with Gasteiger partial charge >= 0.3 is 0 Å². The molecule has 0 radical (unpaired) electrons. The molecule has 2 aliphatic rings. The molecular weight excluding hydrogens is 400 g/mol. The maximum atomic E-state index is 12.3. The van der Waals surface area contributed by atoms with E-state index in [1.807, 2.05) is 43.3 Å². The molecule has 3 aromatic rings. The number of carbonyl (C=O) groups excluding carboxylic acids is 1. The number of hydrogen-bond acceptors (Lipinski definition) is 5. The smallest absolute Gasteiger partial charge is 0.243 e. The van der Waals surface area contributed by atoms with E-state index in [0.717, 1.165) is 17.6 Å². The lowest BCUT2D eigenvalue weighted by atomic mass is 9.96. The Labute approximate surface area is 187 Å². The monoisotopic (exact) mass is 426 g/mol. The highest BCUT2D eigenvalue weighted by Gasteiger charge is 2.39. The van der Waals surface area contributed by atoms with Crippen molar-refractivity contribution in [2.45, 2.75) is 38.6 Å². The van der Waals surface area contributed by atoms with Crippen LogP contribution < -0.4 is 10.9 Å². The number of amides is 1. The van der Waals surface area contributed by atoms with Crippen LogP contribution in [0.5, 0.6) is 0 Å². The maximum absolute atomic E-state index is 12.3. The van der Waals surface area contributed by atoms with E-state index in [9.17, 15) is 4.79 Å². The summed E-state index contributed by atoms with van der Waals surface area (Å²) >= 11 is 0. The van der Waals surface area contributed by atoms with Crippen LogP contribution in [0.1, 0.15) is 37.4 Å². The lowest BCUT2D eigenvalue weighted by molar-refractivity contribution is -0.133. The van der Waals surface area contributed by atoms with Crippen molar-refractivity contribution in [3.63, 3.8) is 0 Å². The van der Waals surface area contributed by atoms with Crippen LogP contribution in [0.3, 0.4) is 0 Å². The minimum absolute atomic E-state index is 0.114. The highest BCUT2D eigenvalue weighted by Crippen LogP contribution is 2.31. The number of hydrazine groups is 1. The summed E-state index contributed by atoms with van der Waals surface area (Å²) in [5, 5.41) is 8.41. The van der Waals surface area contributed by atoms with Crippen LogP contribution in [0, 0.1) is 0 Å². The third kappa shape index (κ3) is 3.90. The van der Waals surface area contributed by atoms with Crippen molar-refractivity contribution >= 4 is 28.7 Å². The van der Waals surface area contributed by atoms with Gasteiger partial charge in [0.25, 0.3) is 0 Å². The third-order valence-electron chi connectivity index (χ3n) is 5.97. The molecule has 0 aliphatic carbocycles. The van der Waals surface area contributed by atoms with Gasteiger partial charge in [0.05, 0.1) is 0 Å². The molecule has 3 aromatic carbocycles. The van der Waals surface area contributed by atoms with Crippen molar-refractivity contribution in [2.75, 3.05) is 0 Å². The summed E-state index contributed by atoms with van der Waals surface area (Å²) in [5.41, 5.74) is 9.92. The van der Waals surface area contributed by atoms with Gasteiger partial charge in [0.15, 0.2) is 0 Å². The van der Waals surface area contributed by atoms with Crippen LogP contribution in [0.4, 0.5) is 0 Å². The fraction of sp³-hybridized carbons (Fsp3) is 0.231. The molecule has 5 rings (SSSR count). The van der Waals surface area contributed by atoms with E-state index >= 15 is 0 Å². The van der Waals surface area contributed by atoms with Crippen LogP contribution in [0.15, 0.2) is 83.5 Å². The van der Waals surface area contributed by atoms with Crippen molar-refractivity contribution in [1.82, 2.24) is 15.9 Å². The molecule has 3 unspecified atom stereocenters. The molecule has 2 heterocycles. The Bertz CT molecular complexity index is 1200. The largest absolute Gasteiger partial charge is 0.448 e. The molecule has 3 atom stereocenters. The van der Waals surface area contributed by atoms with Gasteiger partial charge in [-0.1, -0.05) is 78.9 Å². The van der Waals surface area contributed by atoms with E-state index < -0.39 is 6.23 Å². The fourth-order valence-electron chi connectivity index (χ4n) is 4.38. The molecule has 2 N–H and O–H groups in total. The molecule has 0 spiro atoms. The Hall–Kier alpha value is -3.48. The average Bonchev–Trinajstić information content (AvgIpc) is 3.47. The zero-order valence-electron chi connectivity index (χ0n) is 18.2. The van der Waals surface area contributed by atoms with Gasteiger partial charge in [-0.25, -0.2) is 10.9 Å². The first-order valence-electron chi connectivity index (χ1n) is 10.9. The average molecular weight is 427 g/mol. The topological polar surface area (TPSA) is 66.0 Å². The number of ether oxygens (including phenoxy) is 1. The Balaban J connectivity index is 1.36. The predicted octanol–water partition coefficient (Wildman–Crippen LogP) is 4.37. The Morgan fingerprint density at radius 2 is 1.69 bits per heavy atom. The van der Waals surface area contributed by atoms with Gasteiger partial charge in [-0.05, 0) is 40.8 Å². The molecule has 1 saturated heterocycles. The highest BCUT2D eigenvalue weighted by atomic mass is 16.5. The minimum atomic E-state index is -0.541. The van der Waals surface area contributed by atoms with E-state index in [1.54, 1.807) is 0 Å². The van der Waals surface area contributed by atoms with Gasteiger partial charge < -0.3 is 4.74 Å². The van der Waals surface area contributed by atoms with E-state index in [4.69, 9.17) is 4.74 Å². The van der Waals surface area contributed by atoms with E-state index in [2.05, 4.69) is 58.4 Å². The van der Waals surface area contributed by atoms with E-state index in [-0.39, 0.29) is 18.0 Å². The van der Waals surface area contributed by atoms with Crippen molar-refractivity contribution in [3.05, 3.63) is 89.5 Å². The van der Waals surface area contributed by atoms with Crippen molar-refractivity contribution in [2.24, 2.45) is 5.10 Å². The molecule has 32 heavy (non-hydrogen) atoms. The van der Waals surface area contributed by atoms with Gasteiger partial charge in [0.2, 0.25) is 18.0 Å². The first kappa shape index (κ1) is 20.4. The van der Waals surface area contributed by atoms with Gasteiger partial charge in [-0.15, -0.1) is 5.10 Å². The summed E-state index contributed by atoms with van der Waals surface area (Å²) < 4.78 is 6.21.